The maximum absolute atomic E-state index is 11.4. The number of para-hydroxylation sites is 1. The van der Waals surface area contributed by atoms with Crippen LogP contribution in [0.3, 0.4) is 0 Å². The number of nitrogens with one attached hydrogen (secondary N) is 2. The van der Waals surface area contributed by atoms with Crippen LogP contribution >= 0.6 is 0 Å². The minimum atomic E-state index is -3.84. The van der Waals surface area contributed by atoms with Crippen LogP contribution in [-0.4, -0.2) is 35.2 Å². The van der Waals surface area contributed by atoms with Crippen molar-refractivity contribution in [1.29, 1.82) is 0 Å². The fourth-order valence-electron chi connectivity index (χ4n) is 1.71. The van der Waals surface area contributed by atoms with Crippen molar-refractivity contribution >= 4 is 25.7 Å². The molecule has 0 radical (unpaired) electrons. The predicted octanol–water partition coefficient (Wildman–Crippen LogP) is 0.0737. The Hall–Kier alpha value is -1.16. The standard InChI is InChI=1S/C11H19N3O4S2/c1-11(2,14-19(3,15)16)8-13-9-6-4-5-7-10(9)20(12,17)18/h4-7,13-14H,8H2,1-3H3,(H2,12,17,18). The first-order valence-electron chi connectivity index (χ1n) is 5.75. The van der Waals surface area contributed by atoms with Gasteiger partial charge in [0.2, 0.25) is 20.0 Å². The Morgan fingerprint density at radius 3 is 2.20 bits per heavy atom. The summed E-state index contributed by atoms with van der Waals surface area (Å²) < 4.78 is 47.8. The smallest absolute Gasteiger partial charge is 0.240 e. The van der Waals surface area contributed by atoms with Crippen molar-refractivity contribution in [3.63, 3.8) is 0 Å². The molecule has 0 saturated heterocycles. The van der Waals surface area contributed by atoms with Crippen LogP contribution in [0, 0.1) is 0 Å². The molecule has 114 valence electrons. The summed E-state index contributed by atoms with van der Waals surface area (Å²) >= 11 is 0. The largest absolute Gasteiger partial charge is 0.382 e. The number of rotatable bonds is 6. The average molecular weight is 321 g/mol. The molecule has 9 heteroatoms. The highest BCUT2D eigenvalue weighted by molar-refractivity contribution is 7.89. The van der Waals surface area contributed by atoms with Gasteiger partial charge in [-0.15, -0.1) is 0 Å². The van der Waals surface area contributed by atoms with Gasteiger partial charge in [-0.05, 0) is 26.0 Å². The molecule has 0 saturated carbocycles. The summed E-state index contributed by atoms with van der Waals surface area (Å²) in [5.41, 5.74) is -0.447. The molecule has 0 aliphatic heterocycles. The van der Waals surface area contributed by atoms with Gasteiger partial charge in [0.15, 0.2) is 0 Å². The summed E-state index contributed by atoms with van der Waals surface area (Å²) in [7, 11) is -7.20. The van der Waals surface area contributed by atoms with E-state index in [4.69, 9.17) is 5.14 Å². The zero-order valence-corrected chi connectivity index (χ0v) is 13.2. The van der Waals surface area contributed by atoms with Crippen molar-refractivity contribution in [3.8, 4) is 0 Å². The average Bonchev–Trinajstić information content (AvgIpc) is 2.22. The van der Waals surface area contributed by atoms with Gasteiger partial charge < -0.3 is 5.32 Å². The van der Waals surface area contributed by atoms with Gasteiger partial charge in [0.05, 0.1) is 11.9 Å². The Kier molecular flexibility index (Phi) is 4.80. The molecule has 7 nitrogen and oxygen atoms in total. The highest BCUT2D eigenvalue weighted by atomic mass is 32.2. The van der Waals surface area contributed by atoms with Crippen LogP contribution in [0.2, 0.25) is 0 Å². The summed E-state index contributed by atoms with van der Waals surface area (Å²) in [5.74, 6) is 0. The van der Waals surface area contributed by atoms with Gasteiger partial charge in [-0.1, -0.05) is 12.1 Å². The highest BCUT2D eigenvalue weighted by Gasteiger charge is 2.23. The minimum Gasteiger partial charge on any atom is -0.382 e. The minimum absolute atomic E-state index is 0.0323. The van der Waals surface area contributed by atoms with E-state index in [1.165, 1.54) is 6.07 Å². The molecular weight excluding hydrogens is 302 g/mol. The van der Waals surface area contributed by atoms with Crippen LogP contribution in [0.15, 0.2) is 29.2 Å². The summed E-state index contributed by atoms with van der Waals surface area (Å²) in [5, 5.41) is 8.02. The van der Waals surface area contributed by atoms with E-state index >= 15 is 0 Å². The number of hydrogen-bond donors (Lipinski definition) is 3. The maximum Gasteiger partial charge on any atom is 0.240 e. The van der Waals surface area contributed by atoms with Crippen molar-refractivity contribution in [1.82, 2.24) is 4.72 Å². The first-order chi connectivity index (χ1) is 8.91. The molecule has 1 aromatic rings. The lowest BCUT2D eigenvalue weighted by Crippen LogP contribution is -2.47. The molecule has 0 unspecified atom stereocenters. The second kappa shape index (κ2) is 5.68. The molecule has 0 aromatic heterocycles. The Bertz CT molecular complexity index is 681. The molecule has 0 aliphatic carbocycles. The summed E-state index contributed by atoms with van der Waals surface area (Å²) in [6, 6.07) is 6.17. The molecule has 20 heavy (non-hydrogen) atoms. The number of hydrogen-bond acceptors (Lipinski definition) is 5. The fourth-order valence-corrected chi connectivity index (χ4v) is 3.51. The van der Waals surface area contributed by atoms with Crippen LogP contribution in [0.1, 0.15) is 13.8 Å². The van der Waals surface area contributed by atoms with E-state index in [-0.39, 0.29) is 11.4 Å². The normalized spacial score (nSPS) is 13.2. The molecule has 0 amide bonds. The number of anilines is 1. The van der Waals surface area contributed by atoms with Crippen molar-refractivity contribution in [2.45, 2.75) is 24.3 Å². The summed E-state index contributed by atoms with van der Waals surface area (Å²) in [6.45, 7) is 3.56. The van der Waals surface area contributed by atoms with Gasteiger partial charge in [0, 0.05) is 12.1 Å². The van der Waals surface area contributed by atoms with Gasteiger partial charge in [-0.25, -0.2) is 26.7 Å². The third kappa shape index (κ3) is 5.45. The lowest BCUT2D eigenvalue weighted by molar-refractivity contribution is 0.476. The van der Waals surface area contributed by atoms with Crippen LogP contribution < -0.4 is 15.2 Å². The van der Waals surface area contributed by atoms with E-state index in [0.717, 1.165) is 6.26 Å². The van der Waals surface area contributed by atoms with Crippen LogP contribution in [-0.2, 0) is 20.0 Å². The Morgan fingerprint density at radius 2 is 1.70 bits per heavy atom. The first-order valence-corrected chi connectivity index (χ1v) is 9.19. The molecule has 0 spiro atoms. The molecular formula is C11H19N3O4S2. The molecule has 0 heterocycles. The van der Waals surface area contributed by atoms with Gasteiger partial charge >= 0.3 is 0 Å². The van der Waals surface area contributed by atoms with E-state index in [0.29, 0.717) is 5.69 Å². The Labute approximate surface area is 119 Å². The second-order valence-corrected chi connectivity index (χ2v) is 8.43. The zero-order valence-electron chi connectivity index (χ0n) is 11.5. The van der Waals surface area contributed by atoms with Crippen molar-refractivity contribution in [2.75, 3.05) is 18.1 Å². The third-order valence-electron chi connectivity index (χ3n) is 2.38. The lowest BCUT2D eigenvalue weighted by atomic mass is 10.1. The van der Waals surface area contributed by atoms with Crippen molar-refractivity contribution < 1.29 is 16.8 Å². The van der Waals surface area contributed by atoms with Crippen molar-refractivity contribution in [3.05, 3.63) is 24.3 Å². The number of nitrogens with two attached hydrogens (primary N) is 1. The quantitative estimate of drug-likeness (QED) is 0.685. The van der Waals surface area contributed by atoms with Gasteiger partial charge in [-0.3, -0.25) is 0 Å². The molecule has 0 atom stereocenters. The zero-order chi connectivity index (χ0) is 15.6. The van der Waals surface area contributed by atoms with Gasteiger partial charge in [0.25, 0.3) is 0 Å². The Morgan fingerprint density at radius 1 is 1.15 bits per heavy atom. The molecule has 4 N–H and O–H groups in total. The van der Waals surface area contributed by atoms with Crippen molar-refractivity contribution in [2.24, 2.45) is 5.14 Å². The van der Waals surface area contributed by atoms with Gasteiger partial charge in [-0.2, -0.15) is 0 Å². The topological polar surface area (TPSA) is 118 Å². The molecule has 0 bridgehead atoms. The first kappa shape index (κ1) is 16.9. The number of primary sulfonamides is 1. The van der Waals surface area contributed by atoms with E-state index in [9.17, 15) is 16.8 Å². The Balaban J connectivity index is 2.91. The lowest BCUT2D eigenvalue weighted by Gasteiger charge is -2.26. The summed E-state index contributed by atoms with van der Waals surface area (Å²) in [6.07, 6.45) is 1.06. The molecule has 1 aromatic carbocycles. The maximum atomic E-state index is 11.4. The molecule has 1 rings (SSSR count). The monoisotopic (exact) mass is 321 g/mol. The second-order valence-electron chi connectivity index (χ2n) is 5.15. The number of benzene rings is 1. The van der Waals surface area contributed by atoms with E-state index < -0.39 is 25.6 Å². The van der Waals surface area contributed by atoms with Crippen LogP contribution in [0.4, 0.5) is 5.69 Å². The highest BCUT2D eigenvalue weighted by Crippen LogP contribution is 2.20. The molecule has 0 fully saturated rings. The van der Waals surface area contributed by atoms with Crippen LogP contribution in [0.25, 0.3) is 0 Å². The van der Waals surface area contributed by atoms with Crippen LogP contribution in [0.5, 0.6) is 0 Å². The third-order valence-corrected chi connectivity index (χ3v) is 4.27. The SMILES string of the molecule is CC(C)(CNc1ccccc1S(N)(=O)=O)NS(C)(=O)=O. The summed E-state index contributed by atoms with van der Waals surface area (Å²) in [4.78, 5) is -0.0323. The van der Waals surface area contributed by atoms with E-state index in [1.807, 2.05) is 0 Å². The van der Waals surface area contributed by atoms with E-state index in [1.54, 1.807) is 32.0 Å². The predicted molar refractivity (Wildman–Crippen MR) is 78.4 cm³/mol. The van der Waals surface area contributed by atoms with Gasteiger partial charge in [0.1, 0.15) is 4.90 Å². The number of sulfonamides is 2. The van der Waals surface area contributed by atoms with E-state index in [2.05, 4.69) is 10.0 Å². The fraction of sp³-hybridized carbons (Fsp3) is 0.455. The molecule has 0 aliphatic rings.